The monoisotopic (exact) mass is 254 g/mol. The van der Waals surface area contributed by atoms with Crippen molar-refractivity contribution < 1.29 is 14.3 Å². The van der Waals surface area contributed by atoms with Gasteiger partial charge < -0.3 is 15.8 Å². The minimum absolute atomic E-state index is 0.143. The Labute approximate surface area is 107 Å². The summed E-state index contributed by atoms with van der Waals surface area (Å²) in [6.07, 6.45) is 2.65. The number of alkyl carbamates (subject to hydrolysis) is 1. The number of fused-ring (bicyclic) bond motifs is 2. The molecular weight excluding hydrogens is 232 g/mol. The molecule has 0 spiro atoms. The van der Waals surface area contributed by atoms with Crippen LogP contribution in [0.3, 0.4) is 0 Å². The third-order valence-corrected chi connectivity index (χ3v) is 3.93. The Morgan fingerprint density at radius 1 is 1.22 bits per heavy atom. The van der Waals surface area contributed by atoms with Crippen LogP contribution in [0.1, 0.15) is 40.0 Å². The molecule has 18 heavy (non-hydrogen) atoms. The zero-order valence-electron chi connectivity index (χ0n) is 11.2. The molecule has 2 bridgehead atoms. The van der Waals surface area contributed by atoms with Gasteiger partial charge >= 0.3 is 6.09 Å². The summed E-state index contributed by atoms with van der Waals surface area (Å²) in [6, 6.07) is -0.143. The van der Waals surface area contributed by atoms with Crippen molar-refractivity contribution >= 4 is 12.0 Å². The van der Waals surface area contributed by atoms with Crippen molar-refractivity contribution in [2.24, 2.45) is 23.5 Å². The molecule has 5 heteroatoms. The second-order valence-electron chi connectivity index (χ2n) is 6.43. The van der Waals surface area contributed by atoms with Crippen LogP contribution in [0.25, 0.3) is 0 Å². The Kier molecular flexibility index (Phi) is 3.25. The first-order valence-corrected chi connectivity index (χ1v) is 6.57. The van der Waals surface area contributed by atoms with Crippen molar-refractivity contribution in [1.82, 2.24) is 5.32 Å². The third-order valence-electron chi connectivity index (χ3n) is 3.93. The number of primary amides is 1. The van der Waals surface area contributed by atoms with Crippen LogP contribution in [-0.4, -0.2) is 23.6 Å². The molecule has 2 saturated carbocycles. The molecule has 0 aromatic rings. The fraction of sp³-hybridized carbons (Fsp3) is 0.846. The maximum absolute atomic E-state index is 11.8. The molecule has 2 aliphatic rings. The van der Waals surface area contributed by atoms with E-state index >= 15 is 0 Å². The standard InChI is InChI=1S/C13H22N2O3/c1-13(2,3)18-12(17)15-10-8-5-4-7(6-8)9(10)11(14)16/h7-10H,4-6H2,1-3H3,(H2,14,16)(H,15,17). The van der Waals surface area contributed by atoms with Crippen LogP contribution in [0.15, 0.2) is 0 Å². The van der Waals surface area contributed by atoms with Gasteiger partial charge in [0.05, 0.1) is 5.92 Å². The van der Waals surface area contributed by atoms with Crippen molar-refractivity contribution in [3.63, 3.8) is 0 Å². The smallest absolute Gasteiger partial charge is 0.407 e. The number of carbonyl (C=O) groups excluding carboxylic acids is 2. The third kappa shape index (κ3) is 2.60. The number of hydrogen-bond acceptors (Lipinski definition) is 3. The van der Waals surface area contributed by atoms with Gasteiger partial charge in [0.1, 0.15) is 5.60 Å². The van der Waals surface area contributed by atoms with Crippen LogP contribution in [0.4, 0.5) is 4.79 Å². The van der Waals surface area contributed by atoms with Crippen LogP contribution in [-0.2, 0) is 9.53 Å². The molecule has 4 atom stereocenters. The Morgan fingerprint density at radius 2 is 1.83 bits per heavy atom. The highest BCUT2D eigenvalue weighted by molar-refractivity contribution is 5.79. The van der Waals surface area contributed by atoms with E-state index < -0.39 is 11.7 Å². The Hall–Kier alpha value is -1.26. The Balaban J connectivity index is 2.00. The number of amides is 2. The average Bonchev–Trinajstić information content (AvgIpc) is 2.73. The molecule has 0 radical (unpaired) electrons. The van der Waals surface area contributed by atoms with Gasteiger partial charge in [-0.3, -0.25) is 4.79 Å². The first-order valence-electron chi connectivity index (χ1n) is 6.57. The minimum atomic E-state index is -0.524. The van der Waals surface area contributed by atoms with Crippen LogP contribution in [0.2, 0.25) is 0 Å². The van der Waals surface area contributed by atoms with E-state index in [4.69, 9.17) is 10.5 Å². The van der Waals surface area contributed by atoms with Crippen molar-refractivity contribution in [2.45, 2.75) is 51.7 Å². The highest BCUT2D eigenvalue weighted by atomic mass is 16.6. The number of nitrogens with two attached hydrogens (primary N) is 1. The molecule has 102 valence electrons. The largest absolute Gasteiger partial charge is 0.444 e. The molecule has 0 aromatic carbocycles. The molecule has 0 saturated heterocycles. The molecule has 0 aromatic heterocycles. The summed E-state index contributed by atoms with van der Waals surface area (Å²) in [7, 11) is 0. The van der Waals surface area contributed by atoms with Gasteiger partial charge in [0, 0.05) is 6.04 Å². The summed E-state index contributed by atoms with van der Waals surface area (Å²) in [5.74, 6) is 0.187. The van der Waals surface area contributed by atoms with Gasteiger partial charge in [-0.1, -0.05) is 0 Å². The summed E-state index contributed by atoms with van der Waals surface area (Å²) in [5.41, 5.74) is 4.92. The lowest BCUT2D eigenvalue weighted by molar-refractivity contribution is -0.124. The SMILES string of the molecule is CC(C)(C)OC(=O)NC1C2CCC(C2)C1C(N)=O. The summed E-state index contributed by atoms with van der Waals surface area (Å²) in [4.78, 5) is 23.3. The number of nitrogens with one attached hydrogen (secondary N) is 1. The normalized spacial score (nSPS) is 34.4. The number of hydrogen-bond donors (Lipinski definition) is 2. The lowest BCUT2D eigenvalue weighted by atomic mass is 9.84. The molecule has 2 amide bonds. The number of rotatable bonds is 2. The minimum Gasteiger partial charge on any atom is -0.444 e. The highest BCUT2D eigenvalue weighted by Crippen LogP contribution is 2.48. The van der Waals surface area contributed by atoms with Crippen molar-refractivity contribution in [1.29, 1.82) is 0 Å². The first kappa shape index (κ1) is 13.2. The van der Waals surface area contributed by atoms with E-state index in [2.05, 4.69) is 5.32 Å². The topological polar surface area (TPSA) is 81.4 Å². The Bertz CT molecular complexity index is 362. The molecule has 2 rings (SSSR count). The summed E-state index contributed by atoms with van der Waals surface area (Å²) < 4.78 is 5.23. The predicted molar refractivity (Wildman–Crippen MR) is 66.7 cm³/mol. The van der Waals surface area contributed by atoms with Crippen LogP contribution in [0.5, 0.6) is 0 Å². The van der Waals surface area contributed by atoms with Gasteiger partial charge in [0.15, 0.2) is 0 Å². The van der Waals surface area contributed by atoms with Crippen LogP contribution >= 0.6 is 0 Å². The van der Waals surface area contributed by atoms with E-state index in [0.717, 1.165) is 19.3 Å². The van der Waals surface area contributed by atoms with Crippen LogP contribution in [0, 0.1) is 17.8 Å². The maximum atomic E-state index is 11.8. The fourth-order valence-electron chi connectivity index (χ4n) is 3.35. The molecule has 3 N–H and O–H groups in total. The van der Waals surface area contributed by atoms with Gasteiger partial charge in [-0.25, -0.2) is 4.79 Å². The van der Waals surface area contributed by atoms with Crippen molar-refractivity contribution in [2.75, 3.05) is 0 Å². The lowest BCUT2D eigenvalue weighted by Gasteiger charge is -2.30. The van der Waals surface area contributed by atoms with E-state index in [1.807, 2.05) is 20.8 Å². The zero-order valence-corrected chi connectivity index (χ0v) is 11.2. The zero-order chi connectivity index (χ0) is 13.5. The molecule has 2 aliphatic carbocycles. The van der Waals surface area contributed by atoms with E-state index in [0.29, 0.717) is 11.8 Å². The summed E-state index contributed by atoms with van der Waals surface area (Å²) >= 11 is 0. The molecular formula is C13H22N2O3. The molecule has 2 fully saturated rings. The van der Waals surface area contributed by atoms with Gasteiger partial charge in [-0.05, 0) is 51.9 Å². The summed E-state index contributed by atoms with van der Waals surface area (Å²) in [5, 5.41) is 2.84. The van der Waals surface area contributed by atoms with Gasteiger partial charge in [-0.15, -0.1) is 0 Å². The van der Waals surface area contributed by atoms with Gasteiger partial charge in [-0.2, -0.15) is 0 Å². The first-order chi connectivity index (χ1) is 8.28. The lowest BCUT2D eigenvalue weighted by Crippen LogP contribution is -2.49. The summed E-state index contributed by atoms with van der Waals surface area (Å²) in [6.45, 7) is 5.46. The molecule has 5 nitrogen and oxygen atoms in total. The van der Waals surface area contributed by atoms with Gasteiger partial charge in [0.2, 0.25) is 5.91 Å². The molecule has 0 heterocycles. The number of carbonyl (C=O) groups is 2. The molecule has 4 unspecified atom stereocenters. The average molecular weight is 254 g/mol. The van der Waals surface area contributed by atoms with Gasteiger partial charge in [0.25, 0.3) is 0 Å². The van der Waals surface area contributed by atoms with E-state index in [1.165, 1.54) is 0 Å². The van der Waals surface area contributed by atoms with E-state index in [-0.39, 0.29) is 17.9 Å². The Morgan fingerprint density at radius 3 is 2.39 bits per heavy atom. The molecule has 0 aliphatic heterocycles. The maximum Gasteiger partial charge on any atom is 0.407 e. The predicted octanol–water partition coefficient (Wildman–Crippen LogP) is 1.41. The number of ether oxygens (including phenoxy) is 1. The van der Waals surface area contributed by atoms with E-state index in [9.17, 15) is 9.59 Å². The van der Waals surface area contributed by atoms with Crippen LogP contribution < -0.4 is 11.1 Å². The quantitative estimate of drug-likeness (QED) is 0.781. The van der Waals surface area contributed by atoms with E-state index in [1.54, 1.807) is 0 Å². The second kappa shape index (κ2) is 4.44. The van der Waals surface area contributed by atoms with Crippen molar-refractivity contribution in [3.05, 3.63) is 0 Å². The van der Waals surface area contributed by atoms with Crippen molar-refractivity contribution in [3.8, 4) is 0 Å². The fourth-order valence-corrected chi connectivity index (χ4v) is 3.35. The highest BCUT2D eigenvalue weighted by Gasteiger charge is 2.51. The second-order valence-corrected chi connectivity index (χ2v) is 6.43.